The van der Waals surface area contributed by atoms with E-state index in [1.807, 2.05) is 30.3 Å². The fourth-order valence-electron chi connectivity index (χ4n) is 2.72. The van der Waals surface area contributed by atoms with E-state index in [2.05, 4.69) is 15.1 Å². The summed E-state index contributed by atoms with van der Waals surface area (Å²) < 4.78 is 15.7. The summed E-state index contributed by atoms with van der Waals surface area (Å²) in [5.74, 6) is -0.640. The van der Waals surface area contributed by atoms with Gasteiger partial charge in [0.05, 0.1) is 22.8 Å². The van der Waals surface area contributed by atoms with Crippen molar-refractivity contribution in [2.45, 2.75) is 6.92 Å². The van der Waals surface area contributed by atoms with E-state index in [0.717, 1.165) is 5.69 Å². The predicted molar refractivity (Wildman–Crippen MR) is 91.2 cm³/mol. The molecular weight excluding hydrogens is 319 g/mol. The number of fused-ring (bicyclic) bond motifs is 1. The van der Waals surface area contributed by atoms with Crippen molar-refractivity contribution in [1.82, 2.24) is 19.7 Å². The molecule has 0 radical (unpaired) electrons. The van der Waals surface area contributed by atoms with Gasteiger partial charge in [-0.25, -0.2) is 19.0 Å². The SMILES string of the molecule is Cc1nc(C(=O)c2ccccc2F)c2cnn(-c3ccccc3)c2n1. The third kappa shape index (κ3) is 2.57. The zero-order valence-corrected chi connectivity index (χ0v) is 13.3. The maximum Gasteiger partial charge on any atom is 0.215 e. The molecule has 0 saturated heterocycles. The fourth-order valence-corrected chi connectivity index (χ4v) is 2.72. The summed E-state index contributed by atoms with van der Waals surface area (Å²) in [6, 6.07) is 15.3. The highest BCUT2D eigenvalue weighted by atomic mass is 19.1. The van der Waals surface area contributed by atoms with Crippen molar-refractivity contribution in [3.8, 4) is 5.69 Å². The zero-order valence-electron chi connectivity index (χ0n) is 13.3. The fraction of sp³-hybridized carbons (Fsp3) is 0.0526. The Morgan fingerprint density at radius 2 is 1.72 bits per heavy atom. The number of rotatable bonds is 3. The van der Waals surface area contributed by atoms with Crippen molar-refractivity contribution in [2.24, 2.45) is 0 Å². The number of aryl methyl sites for hydroxylation is 1. The van der Waals surface area contributed by atoms with E-state index in [4.69, 9.17) is 0 Å². The number of carbonyl (C=O) groups excluding carboxylic acids is 1. The molecular formula is C19H13FN4O. The highest BCUT2D eigenvalue weighted by Gasteiger charge is 2.21. The standard InChI is InChI=1S/C19H13FN4O/c1-12-22-17(18(25)14-9-5-6-10-16(14)20)15-11-21-24(19(15)23-12)13-7-3-2-4-8-13/h2-11H,1H3. The van der Waals surface area contributed by atoms with Gasteiger partial charge in [0.1, 0.15) is 17.3 Å². The summed E-state index contributed by atoms with van der Waals surface area (Å²) in [7, 11) is 0. The van der Waals surface area contributed by atoms with Gasteiger partial charge in [-0.3, -0.25) is 4.79 Å². The smallest absolute Gasteiger partial charge is 0.215 e. The Bertz CT molecular complexity index is 1090. The lowest BCUT2D eigenvalue weighted by atomic mass is 10.1. The second kappa shape index (κ2) is 5.90. The van der Waals surface area contributed by atoms with Gasteiger partial charge in [-0.15, -0.1) is 0 Å². The molecule has 4 rings (SSSR count). The summed E-state index contributed by atoms with van der Waals surface area (Å²) in [6.45, 7) is 1.69. The van der Waals surface area contributed by atoms with E-state index in [0.29, 0.717) is 16.9 Å². The number of para-hydroxylation sites is 1. The van der Waals surface area contributed by atoms with Crippen LogP contribution in [-0.4, -0.2) is 25.5 Å². The molecule has 0 fully saturated rings. The molecule has 0 atom stereocenters. The summed E-state index contributed by atoms with van der Waals surface area (Å²) in [5, 5.41) is 4.82. The van der Waals surface area contributed by atoms with Crippen LogP contribution in [-0.2, 0) is 0 Å². The maximum absolute atomic E-state index is 14.0. The molecule has 0 spiro atoms. The lowest BCUT2D eigenvalue weighted by Crippen LogP contribution is -2.09. The monoisotopic (exact) mass is 332 g/mol. The van der Waals surface area contributed by atoms with Crippen LogP contribution in [0.2, 0.25) is 0 Å². The molecule has 2 aromatic carbocycles. The van der Waals surface area contributed by atoms with Crippen LogP contribution in [0.15, 0.2) is 60.8 Å². The Kier molecular flexibility index (Phi) is 3.57. The van der Waals surface area contributed by atoms with Gasteiger partial charge in [0, 0.05) is 0 Å². The minimum absolute atomic E-state index is 0.0191. The molecule has 6 heteroatoms. The molecule has 0 aliphatic carbocycles. The van der Waals surface area contributed by atoms with Crippen molar-refractivity contribution >= 4 is 16.8 Å². The van der Waals surface area contributed by atoms with E-state index in [9.17, 15) is 9.18 Å². The number of nitrogens with zero attached hydrogens (tertiary/aromatic N) is 4. The summed E-state index contributed by atoms with van der Waals surface area (Å²) in [4.78, 5) is 21.5. The molecule has 0 bridgehead atoms. The number of hydrogen-bond acceptors (Lipinski definition) is 4. The van der Waals surface area contributed by atoms with Crippen molar-refractivity contribution in [2.75, 3.05) is 0 Å². The van der Waals surface area contributed by atoms with Crippen LogP contribution in [0.4, 0.5) is 4.39 Å². The number of benzene rings is 2. The first kappa shape index (κ1) is 15.1. The Labute approximate surface area is 142 Å². The molecule has 0 N–H and O–H groups in total. The lowest BCUT2D eigenvalue weighted by Gasteiger charge is -2.06. The van der Waals surface area contributed by atoms with Crippen molar-refractivity contribution in [1.29, 1.82) is 0 Å². The molecule has 0 saturated carbocycles. The predicted octanol–water partition coefficient (Wildman–Crippen LogP) is 3.49. The number of carbonyl (C=O) groups is 1. The second-order valence-corrected chi connectivity index (χ2v) is 5.56. The first-order valence-electron chi connectivity index (χ1n) is 7.72. The molecule has 4 aromatic rings. The number of halogens is 1. The first-order valence-corrected chi connectivity index (χ1v) is 7.72. The van der Waals surface area contributed by atoms with Crippen molar-refractivity contribution in [3.63, 3.8) is 0 Å². The number of hydrogen-bond donors (Lipinski definition) is 0. The Morgan fingerprint density at radius 1 is 1.00 bits per heavy atom. The maximum atomic E-state index is 14.0. The normalized spacial score (nSPS) is 11.0. The minimum Gasteiger partial charge on any atom is -0.287 e. The van der Waals surface area contributed by atoms with Crippen LogP contribution in [0, 0.1) is 12.7 Å². The van der Waals surface area contributed by atoms with Crippen LogP contribution >= 0.6 is 0 Å². The van der Waals surface area contributed by atoms with Crippen LogP contribution in [0.1, 0.15) is 21.9 Å². The van der Waals surface area contributed by atoms with Gasteiger partial charge in [-0.1, -0.05) is 30.3 Å². The van der Waals surface area contributed by atoms with Gasteiger partial charge < -0.3 is 0 Å². The van der Waals surface area contributed by atoms with Crippen LogP contribution in [0.5, 0.6) is 0 Å². The van der Waals surface area contributed by atoms with Gasteiger partial charge in [-0.05, 0) is 31.2 Å². The van der Waals surface area contributed by atoms with E-state index in [-0.39, 0.29) is 11.3 Å². The largest absolute Gasteiger partial charge is 0.287 e. The number of aromatic nitrogens is 4. The first-order chi connectivity index (χ1) is 12.1. The van der Waals surface area contributed by atoms with Gasteiger partial charge >= 0.3 is 0 Å². The average Bonchev–Trinajstić information content (AvgIpc) is 3.05. The molecule has 122 valence electrons. The van der Waals surface area contributed by atoms with Gasteiger partial charge in [0.25, 0.3) is 0 Å². The molecule has 0 aliphatic rings. The topological polar surface area (TPSA) is 60.7 Å². The van der Waals surface area contributed by atoms with Gasteiger partial charge in [0.15, 0.2) is 5.65 Å². The van der Waals surface area contributed by atoms with E-state index < -0.39 is 11.6 Å². The van der Waals surface area contributed by atoms with Gasteiger partial charge in [0.2, 0.25) is 5.78 Å². The Balaban J connectivity index is 1.93. The van der Waals surface area contributed by atoms with Crippen LogP contribution < -0.4 is 0 Å². The van der Waals surface area contributed by atoms with Crippen LogP contribution in [0.25, 0.3) is 16.7 Å². The molecule has 0 unspecified atom stereocenters. The average molecular weight is 332 g/mol. The zero-order chi connectivity index (χ0) is 17.4. The summed E-state index contributed by atoms with van der Waals surface area (Å²) in [5.41, 5.74) is 1.46. The number of ketones is 1. The van der Waals surface area contributed by atoms with Crippen molar-refractivity contribution < 1.29 is 9.18 Å². The second-order valence-electron chi connectivity index (χ2n) is 5.56. The minimum atomic E-state index is -0.577. The summed E-state index contributed by atoms with van der Waals surface area (Å²) in [6.07, 6.45) is 1.54. The third-order valence-corrected chi connectivity index (χ3v) is 3.87. The molecule has 5 nitrogen and oxygen atoms in total. The highest BCUT2D eigenvalue weighted by Crippen LogP contribution is 2.22. The van der Waals surface area contributed by atoms with E-state index in [1.165, 1.54) is 18.3 Å². The molecule has 0 amide bonds. The molecule has 0 aliphatic heterocycles. The highest BCUT2D eigenvalue weighted by molar-refractivity contribution is 6.14. The Hall–Kier alpha value is -3.41. The molecule has 2 heterocycles. The van der Waals surface area contributed by atoms with Gasteiger partial charge in [-0.2, -0.15) is 5.10 Å². The lowest BCUT2D eigenvalue weighted by molar-refractivity contribution is 0.103. The van der Waals surface area contributed by atoms with Crippen LogP contribution in [0.3, 0.4) is 0 Å². The molecule has 2 aromatic heterocycles. The Morgan fingerprint density at radius 3 is 2.48 bits per heavy atom. The van der Waals surface area contributed by atoms with E-state index in [1.54, 1.807) is 23.7 Å². The third-order valence-electron chi connectivity index (χ3n) is 3.87. The summed E-state index contributed by atoms with van der Waals surface area (Å²) >= 11 is 0. The van der Waals surface area contributed by atoms with E-state index >= 15 is 0 Å². The quantitative estimate of drug-likeness (QED) is 0.539. The molecule has 25 heavy (non-hydrogen) atoms. The van der Waals surface area contributed by atoms with Crippen molar-refractivity contribution in [3.05, 3.63) is 83.7 Å².